The zero-order valence-electron chi connectivity index (χ0n) is 9.95. The number of phenolic OH excluding ortho intramolecular Hbond substituents is 1. The molecule has 1 aromatic carbocycles. The number of carboxylic acids is 1. The molecule has 1 aliphatic carbocycles. The lowest BCUT2D eigenvalue weighted by Crippen LogP contribution is -2.19. The first-order valence-corrected chi connectivity index (χ1v) is 6.80. The van der Waals surface area contributed by atoms with Gasteiger partial charge in [-0.1, -0.05) is 0 Å². The number of aryl methyl sites for hydroxylation is 1. The molecule has 0 saturated heterocycles. The van der Waals surface area contributed by atoms with Gasteiger partial charge in [0.1, 0.15) is 5.75 Å². The fourth-order valence-electron chi connectivity index (χ4n) is 2.58. The Kier molecular flexibility index (Phi) is 3.92. The standard InChI is InChI=1S/C13H16BrNO3/c14-9-5-7-3-1-2-4-8(7)12(13(9)18)10(15)6-11(16)17/h5,10,18H,1-4,6,15H2,(H,16,17). The molecule has 4 N–H and O–H groups in total. The van der Waals surface area contributed by atoms with E-state index in [1.165, 1.54) is 5.56 Å². The molecule has 0 bridgehead atoms. The largest absolute Gasteiger partial charge is 0.506 e. The summed E-state index contributed by atoms with van der Waals surface area (Å²) in [6.07, 6.45) is 3.83. The van der Waals surface area contributed by atoms with Crippen LogP contribution in [-0.2, 0) is 17.6 Å². The maximum absolute atomic E-state index is 10.8. The van der Waals surface area contributed by atoms with E-state index >= 15 is 0 Å². The number of hydrogen-bond donors (Lipinski definition) is 3. The van der Waals surface area contributed by atoms with Gasteiger partial charge in [0.25, 0.3) is 0 Å². The molecule has 4 nitrogen and oxygen atoms in total. The molecule has 18 heavy (non-hydrogen) atoms. The van der Waals surface area contributed by atoms with Crippen LogP contribution in [0.2, 0.25) is 0 Å². The highest BCUT2D eigenvalue weighted by Gasteiger charge is 2.24. The number of aromatic hydroxyl groups is 1. The molecule has 0 fully saturated rings. The number of hydrogen-bond acceptors (Lipinski definition) is 3. The molecule has 5 heteroatoms. The Morgan fingerprint density at radius 1 is 1.44 bits per heavy atom. The predicted molar refractivity (Wildman–Crippen MR) is 71.6 cm³/mol. The Morgan fingerprint density at radius 2 is 2.11 bits per heavy atom. The van der Waals surface area contributed by atoms with Crippen LogP contribution in [0.15, 0.2) is 10.5 Å². The van der Waals surface area contributed by atoms with Gasteiger partial charge in [0, 0.05) is 11.6 Å². The normalized spacial score (nSPS) is 16.1. The molecule has 0 aromatic heterocycles. The Morgan fingerprint density at radius 3 is 2.78 bits per heavy atom. The summed E-state index contributed by atoms with van der Waals surface area (Å²) in [6, 6.07) is 1.26. The van der Waals surface area contributed by atoms with Crippen molar-refractivity contribution in [3.8, 4) is 5.75 Å². The van der Waals surface area contributed by atoms with Gasteiger partial charge in [0.05, 0.1) is 10.9 Å². The van der Waals surface area contributed by atoms with Crippen LogP contribution in [0.4, 0.5) is 0 Å². The molecule has 0 aliphatic heterocycles. The summed E-state index contributed by atoms with van der Waals surface area (Å²) in [6.45, 7) is 0. The third-order valence-electron chi connectivity index (χ3n) is 3.38. The van der Waals surface area contributed by atoms with Crippen molar-refractivity contribution in [2.24, 2.45) is 5.73 Å². The van der Waals surface area contributed by atoms with Crippen molar-refractivity contribution in [1.29, 1.82) is 0 Å². The Labute approximate surface area is 114 Å². The van der Waals surface area contributed by atoms with Crippen LogP contribution in [-0.4, -0.2) is 16.2 Å². The van der Waals surface area contributed by atoms with E-state index in [2.05, 4.69) is 15.9 Å². The smallest absolute Gasteiger partial charge is 0.305 e. The minimum atomic E-state index is -0.952. The van der Waals surface area contributed by atoms with Crippen molar-refractivity contribution < 1.29 is 15.0 Å². The first-order chi connectivity index (χ1) is 8.50. The molecule has 0 spiro atoms. The average molecular weight is 314 g/mol. The molecule has 98 valence electrons. The highest BCUT2D eigenvalue weighted by Crippen LogP contribution is 2.40. The van der Waals surface area contributed by atoms with Crippen molar-refractivity contribution in [2.45, 2.75) is 38.1 Å². The van der Waals surface area contributed by atoms with Gasteiger partial charge in [-0.15, -0.1) is 0 Å². The summed E-state index contributed by atoms with van der Waals surface area (Å²) >= 11 is 3.31. The lowest BCUT2D eigenvalue weighted by molar-refractivity contribution is -0.137. The number of fused-ring (bicyclic) bond motifs is 1. The van der Waals surface area contributed by atoms with E-state index in [-0.39, 0.29) is 12.2 Å². The van der Waals surface area contributed by atoms with Crippen LogP contribution in [0.5, 0.6) is 5.75 Å². The second-order valence-corrected chi connectivity index (χ2v) is 5.52. The maximum Gasteiger partial charge on any atom is 0.305 e. The van der Waals surface area contributed by atoms with Crippen LogP contribution in [0, 0.1) is 0 Å². The number of rotatable bonds is 3. The summed E-state index contributed by atoms with van der Waals surface area (Å²) in [5.41, 5.74) is 8.73. The van der Waals surface area contributed by atoms with E-state index in [0.29, 0.717) is 10.0 Å². The summed E-state index contributed by atoms with van der Waals surface area (Å²) in [5.74, 6) is -0.865. The van der Waals surface area contributed by atoms with Crippen LogP contribution in [0.25, 0.3) is 0 Å². The van der Waals surface area contributed by atoms with E-state index in [0.717, 1.165) is 31.2 Å². The van der Waals surface area contributed by atoms with Gasteiger partial charge in [-0.2, -0.15) is 0 Å². The maximum atomic E-state index is 10.8. The number of carbonyl (C=O) groups is 1. The molecule has 1 aromatic rings. The molecule has 1 aliphatic rings. The minimum absolute atomic E-state index is 0.0874. The molecule has 1 unspecified atom stereocenters. The van der Waals surface area contributed by atoms with Gasteiger partial charge >= 0.3 is 5.97 Å². The molecule has 0 heterocycles. The SMILES string of the molecule is NC(CC(=O)O)c1c(O)c(Br)cc2c1CCCC2. The zero-order valence-corrected chi connectivity index (χ0v) is 11.5. The van der Waals surface area contributed by atoms with Crippen molar-refractivity contribution in [3.63, 3.8) is 0 Å². The van der Waals surface area contributed by atoms with Gasteiger partial charge < -0.3 is 15.9 Å². The first-order valence-electron chi connectivity index (χ1n) is 6.01. The number of halogens is 1. The Balaban J connectivity index is 2.49. The minimum Gasteiger partial charge on any atom is -0.506 e. The van der Waals surface area contributed by atoms with Crippen molar-refractivity contribution in [3.05, 3.63) is 27.2 Å². The third-order valence-corrected chi connectivity index (χ3v) is 3.99. The summed E-state index contributed by atoms with van der Waals surface area (Å²) in [7, 11) is 0. The van der Waals surface area contributed by atoms with Gasteiger partial charge in [-0.05, 0) is 58.8 Å². The van der Waals surface area contributed by atoms with E-state index < -0.39 is 12.0 Å². The van der Waals surface area contributed by atoms with Gasteiger partial charge in [-0.25, -0.2) is 0 Å². The fourth-order valence-corrected chi connectivity index (χ4v) is 3.07. The monoisotopic (exact) mass is 313 g/mol. The highest BCUT2D eigenvalue weighted by molar-refractivity contribution is 9.10. The quantitative estimate of drug-likeness (QED) is 0.800. The second kappa shape index (κ2) is 5.28. The number of carboxylic acid groups (broad SMARTS) is 1. The van der Waals surface area contributed by atoms with Crippen LogP contribution < -0.4 is 5.73 Å². The van der Waals surface area contributed by atoms with Gasteiger partial charge in [0.2, 0.25) is 0 Å². The third kappa shape index (κ3) is 2.52. The average Bonchev–Trinajstić information content (AvgIpc) is 2.29. The Bertz CT molecular complexity index is 488. The molecular formula is C13H16BrNO3. The van der Waals surface area contributed by atoms with Crippen molar-refractivity contribution in [1.82, 2.24) is 0 Å². The lowest BCUT2D eigenvalue weighted by Gasteiger charge is -2.24. The van der Waals surface area contributed by atoms with Crippen LogP contribution in [0.1, 0.15) is 42.0 Å². The molecular weight excluding hydrogens is 298 g/mol. The summed E-state index contributed by atoms with van der Waals surface area (Å²) in [4.78, 5) is 10.8. The summed E-state index contributed by atoms with van der Waals surface area (Å²) < 4.78 is 0.596. The molecule has 0 amide bonds. The molecule has 2 rings (SSSR count). The predicted octanol–water partition coefficient (Wildman–Crippen LogP) is 2.51. The summed E-state index contributed by atoms with van der Waals surface area (Å²) in [5, 5.41) is 19.0. The topological polar surface area (TPSA) is 83.6 Å². The molecule has 0 saturated carbocycles. The van der Waals surface area contributed by atoms with Crippen LogP contribution >= 0.6 is 15.9 Å². The molecule has 0 radical (unpaired) electrons. The molecule has 1 atom stereocenters. The number of benzene rings is 1. The number of phenols is 1. The van der Waals surface area contributed by atoms with Crippen molar-refractivity contribution >= 4 is 21.9 Å². The second-order valence-electron chi connectivity index (χ2n) is 4.67. The van der Waals surface area contributed by atoms with E-state index in [9.17, 15) is 9.90 Å². The Hall–Kier alpha value is -1.07. The van der Waals surface area contributed by atoms with Crippen molar-refractivity contribution in [2.75, 3.05) is 0 Å². The highest BCUT2D eigenvalue weighted by atomic mass is 79.9. The number of nitrogens with two attached hydrogens (primary N) is 1. The van der Waals surface area contributed by atoms with E-state index in [1.54, 1.807) is 0 Å². The zero-order chi connectivity index (χ0) is 13.3. The lowest BCUT2D eigenvalue weighted by atomic mass is 9.85. The van der Waals surface area contributed by atoms with Gasteiger partial charge in [-0.3, -0.25) is 4.79 Å². The van der Waals surface area contributed by atoms with E-state index in [1.807, 2.05) is 6.07 Å². The van der Waals surface area contributed by atoms with Gasteiger partial charge in [0.15, 0.2) is 0 Å². The fraction of sp³-hybridized carbons (Fsp3) is 0.462. The van der Waals surface area contributed by atoms with E-state index in [4.69, 9.17) is 10.8 Å². The number of aliphatic carboxylic acids is 1. The van der Waals surface area contributed by atoms with Crippen LogP contribution in [0.3, 0.4) is 0 Å². The first kappa shape index (κ1) is 13.4.